The van der Waals surface area contributed by atoms with Crippen LogP contribution in [-0.4, -0.2) is 40.3 Å². The number of fused-ring (bicyclic) bond motifs is 4. The van der Waals surface area contributed by atoms with Crippen LogP contribution in [0.15, 0.2) is 17.1 Å². The summed E-state index contributed by atoms with van der Waals surface area (Å²) in [5, 5.41) is 0. The van der Waals surface area contributed by atoms with Gasteiger partial charge in [0.05, 0.1) is 10.8 Å². The van der Waals surface area contributed by atoms with E-state index in [1.54, 1.807) is 52.3 Å². The second-order valence-electron chi connectivity index (χ2n) is 9.09. The number of nitrogens with zero attached hydrogens (tertiary/aromatic N) is 2. The van der Waals surface area contributed by atoms with E-state index in [9.17, 15) is 14.4 Å². The van der Waals surface area contributed by atoms with Gasteiger partial charge in [0.25, 0.3) is 5.56 Å². The van der Waals surface area contributed by atoms with Gasteiger partial charge in [0.15, 0.2) is 0 Å². The average molecular weight is 378 g/mol. The van der Waals surface area contributed by atoms with Crippen molar-refractivity contribution in [2.45, 2.75) is 65.9 Å². The van der Waals surface area contributed by atoms with Crippen LogP contribution in [0.2, 0.25) is 0 Å². The second-order valence-corrected chi connectivity index (χ2v) is 9.09. The molecule has 8 heteroatoms. The molecule has 2 aliphatic heterocycles. The van der Waals surface area contributed by atoms with Crippen LogP contribution >= 0.6 is 0 Å². The van der Waals surface area contributed by atoms with Crippen molar-refractivity contribution in [3.63, 3.8) is 0 Å². The molecule has 3 heterocycles. The Balaban J connectivity index is 1.82. The molecule has 1 aromatic rings. The quantitative estimate of drug-likeness (QED) is 0.740. The van der Waals surface area contributed by atoms with E-state index >= 15 is 0 Å². The SMILES string of the molecule is CC(C)(C)C(=O)OC[C@@H]1O[C@H]2[C@H](c3nc(=O)ccn32)[C@H]1OC(=O)C(C)(C)C. The van der Waals surface area contributed by atoms with Crippen LogP contribution in [0.25, 0.3) is 0 Å². The standard InChI is InChI=1S/C19H26N2O6/c1-18(2,3)16(23)25-9-10-13(27-17(24)19(4,5)6)12-14-20-11(22)7-8-21(14)15(12)26-10/h7-8,10,12-13,15H,9H2,1-6H3/t10-,12-,13-,15-/m0/s1. The number of ether oxygens (including phenoxy) is 3. The fourth-order valence-corrected chi connectivity index (χ4v) is 3.01. The van der Waals surface area contributed by atoms with Gasteiger partial charge in [-0.25, -0.2) is 0 Å². The third-order valence-corrected chi connectivity index (χ3v) is 4.63. The maximum atomic E-state index is 12.4. The summed E-state index contributed by atoms with van der Waals surface area (Å²) >= 11 is 0. The van der Waals surface area contributed by atoms with Crippen LogP contribution in [0.1, 0.15) is 59.5 Å². The van der Waals surface area contributed by atoms with Gasteiger partial charge in [-0.3, -0.25) is 14.4 Å². The largest absolute Gasteiger partial charge is 0.462 e. The summed E-state index contributed by atoms with van der Waals surface area (Å²) in [6.07, 6.45) is -0.0970. The first-order valence-corrected chi connectivity index (χ1v) is 9.02. The number of hydrogen-bond donors (Lipinski definition) is 0. The number of esters is 2. The molecule has 3 rings (SSSR count). The molecule has 27 heavy (non-hydrogen) atoms. The molecule has 1 fully saturated rings. The summed E-state index contributed by atoms with van der Waals surface area (Å²) in [4.78, 5) is 40.2. The van der Waals surface area contributed by atoms with Gasteiger partial charge in [0.2, 0.25) is 0 Å². The van der Waals surface area contributed by atoms with Crippen molar-refractivity contribution in [1.29, 1.82) is 0 Å². The Morgan fingerprint density at radius 1 is 1.15 bits per heavy atom. The predicted molar refractivity (Wildman–Crippen MR) is 94.9 cm³/mol. The molecule has 1 saturated heterocycles. The molecule has 2 aliphatic rings. The van der Waals surface area contributed by atoms with Gasteiger partial charge in [0, 0.05) is 12.3 Å². The molecule has 0 bridgehead atoms. The van der Waals surface area contributed by atoms with Crippen molar-refractivity contribution < 1.29 is 23.8 Å². The third kappa shape index (κ3) is 3.63. The number of hydrogen-bond acceptors (Lipinski definition) is 7. The molecule has 4 atom stereocenters. The topological polar surface area (TPSA) is 96.7 Å². The lowest BCUT2D eigenvalue weighted by atomic mass is 9.91. The van der Waals surface area contributed by atoms with Gasteiger partial charge >= 0.3 is 11.9 Å². The lowest BCUT2D eigenvalue weighted by Gasteiger charge is -2.36. The average Bonchev–Trinajstić information content (AvgIpc) is 2.83. The van der Waals surface area contributed by atoms with E-state index in [0.29, 0.717) is 5.82 Å². The second kappa shape index (κ2) is 6.44. The van der Waals surface area contributed by atoms with E-state index in [0.717, 1.165) is 0 Å². The highest BCUT2D eigenvalue weighted by atomic mass is 16.6. The van der Waals surface area contributed by atoms with Crippen molar-refractivity contribution in [1.82, 2.24) is 9.55 Å². The molecule has 1 aromatic heterocycles. The highest BCUT2D eigenvalue weighted by molar-refractivity contribution is 5.76. The first-order chi connectivity index (χ1) is 12.4. The maximum Gasteiger partial charge on any atom is 0.311 e. The fourth-order valence-electron chi connectivity index (χ4n) is 3.01. The lowest BCUT2D eigenvalue weighted by Crippen LogP contribution is -2.43. The Kier molecular flexibility index (Phi) is 4.66. The highest BCUT2D eigenvalue weighted by Gasteiger charge is 2.57. The van der Waals surface area contributed by atoms with E-state index in [1.807, 2.05) is 0 Å². The minimum Gasteiger partial charge on any atom is -0.462 e. The Morgan fingerprint density at radius 2 is 1.78 bits per heavy atom. The van der Waals surface area contributed by atoms with Gasteiger partial charge in [-0.05, 0) is 41.5 Å². The Hall–Kier alpha value is -2.22. The lowest BCUT2D eigenvalue weighted by molar-refractivity contribution is -0.167. The molecule has 148 valence electrons. The number of rotatable bonds is 3. The van der Waals surface area contributed by atoms with Crippen molar-refractivity contribution in [3.05, 3.63) is 28.4 Å². The molecule has 0 saturated carbocycles. The van der Waals surface area contributed by atoms with Crippen molar-refractivity contribution in [2.75, 3.05) is 6.61 Å². The molecular formula is C19H26N2O6. The van der Waals surface area contributed by atoms with Gasteiger partial charge in [0.1, 0.15) is 36.8 Å². The Morgan fingerprint density at radius 3 is 2.37 bits per heavy atom. The van der Waals surface area contributed by atoms with Crippen molar-refractivity contribution in [3.8, 4) is 0 Å². The number of carbonyl (C=O) groups excluding carboxylic acids is 2. The molecular weight excluding hydrogens is 352 g/mol. The minimum atomic E-state index is -0.696. The summed E-state index contributed by atoms with van der Waals surface area (Å²) < 4.78 is 18.8. The van der Waals surface area contributed by atoms with Gasteiger partial charge in [-0.1, -0.05) is 0 Å². The smallest absolute Gasteiger partial charge is 0.311 e. The zero-order valence-corrected chi connectivity index (χ0v) is 16.5. The van der Waals surface area contributed by atoms with Crippen LogP contribution < -0.4 is 5.56 Å². The summed E-state index contributed by atoms with van der Waals surface area (Å²) in [5.74, 6) is -0.593. The van der Waals surface area contributed by atoms with Gasteiger partial charge < -0.3 is 18.8 Å². The van der Waals surface area contributed by atoms with Crippen LogP contribution in [0.3, 0.4) is 0 Å². The summed E-state index contributed by atoms with van der Waals surface area (Å²) in [5.41, 5.74) is -1.70. The van der Waals surface area contributed by atoms with Crippen LogP contribution in [0, 0.1) is 10.8 Å². The zero-order valence-electron chi connectivity index (χ0n) is 16.5. The van der Waals surface area contributed by atoms with E-state index in [-0.39, 0.29) is 30.0 Å². The van der Waals surface area contributed by atoms with Crippen molar-refractivity contribution in [2.24, 2.45) is 10.8 Å². The number of aromatic nitrogens is 2. The van der Waals surface area contributed by atoms with E-state index < -0.39 is 29.3 Å². The molecule has 0 spiro atoms. The number of carbonyl (C=O) groups is 2. The summed E-state index contributed by atoms with van der Waals surface area (Å²) in [6.45, 7) is 10.5. The van der Waals surface area contributed by atoms with E-state index in [4.69, 9.17) is 14.2 Å². The summed E-state index contributed by atoms with van der Waals surface area (Å²) in [6, 6.07) is 1.35. The van der Waals surface area contributed by atoms with Crippen LogP contribution in [-0.2, 0) is 23.8 Å². The van der Waals surface area contributed by atoms with Crippen LogP contribution in [0.5, 0.6) is 0 Å². The predicted octanol–water partition coefficient (Wildman–Crippen LogP) is 1.79. The van der Waals surface area contributed by atoms with Gasteiger partial charge in [-0.2, -0.15) is 4.98 Å². The first-order valence-electron chi connectivity index (χ1n) is 9.02. The van der Waals surface area contributed by atoms with Crippen molar-refractivity contribution >= 4 is 11.9 Å². The normalized spacial score (nSPS) is 26.6. The molecule has 0 aliphatic carbocycles. The first kappa shape index (κ1) is 19.5. The zero-order chi connectivity index (χ0) is 20.1. The Bertz CT molecular complexity index is 817. The molecule has 0 N–H and O–H groups in total. The molecule has 8 nitrogen and oxygen atoms in total. The van der Waals surface area contributed by atoms with E-state index in [2.05, 4.69) is 4.98 Å². The third-order valence-electron chi connectivity index (χ3n) is 4.63. The van der Waals surface area contributed by atoms with Gasteiger partial charge in [-0.15, -0.1) is 0 Å². The summed E-state index contributed by atoms with van der Waals surface area (Å²) in [7, 11) is 0. The monoisotopic (exact) mass is 378 g/mol. The molecule has 0 radical (unpaired) electrons. The minimum absolute atomic E-state index is 0.0377. The maximum absolute atomic E-state index is 12.4. The van der Waals surface area contributed by atoms with Crippen LogP contribution in [0.4, 0.5) is 0 Å². The Labute approximate surface area is 157 Å². The van der Waals surface area contributed by atoms with E-state index in [1.165, 1.54) is 6.07 Å². The molecule has 0 aromatic carbocycles. The highest BCUT2D eigenvalue weighted by Crippen LogP contribution is 2.50. The fraction of sp³-hybridized carbons (Fsp3) is 0.684. The molecule has 0 unspecified atom stereocenters. The molecule has 0 amide bonds.